The van der Waals surface area contributed by atoms with Gasteiger partial charge < -0.3 is 14.2 Å². The number of hydrogen-bond acceptors (Lipinski definition) is 7. The number of para-hydroxylation sites is 1. The Balaban J connectivity index is 1.38. The largest absolute Gasteiger partial charge is 0.493 e. The Morgan fingerprint density at radius 3 is 2.49 bits per heavy atom. The number of thiazole rings is 1. The van der Waals surface area contributed by atoms with E-state index >= 15 is 0 Å². The van der Waals surface area contributed by atoms with Gasteiger partial charge in [-0.05, 0) is 35.9 Å². The van der Waals surface area contributed by atoms with Gasteiger partial charge in [0.15, 0.2) is 16.6 Å². The Bertz CT molecular complexity index is 1450. The SMILES string of the molecule is COc1cc(/C=C(/C#N)C(=O)Nc2nc(-c3ccccc3)cs2)ccc1OCCOc1ccccc1Cl. The Morgan fingerprint density at radius 2 is 1.76 bits per heavy atom. The molecule has 0 atom stereocenters. The summed E-state index contributed by atoms with van der Waals surface area (Å²) in [7, 11) is 1.51. The number of benzene rings is 3. The number of nitrogens with zero attached hydrogens (tertiary/aromatic N) is 2. The summed E-state index contributed by atoms with van der Waals surface area (Å²) in [6.45, 7) is 0.553. The molecule has 0 bridgehead atoms. The van der Waals surface area contributed by atoms with E-state index in [4.69, 9.17) is 25.8 Å². The lowest BCUT2D eigenvalue weighted by Crippen LogP contribution is -2.13. The zero-order valence-corrected chi connectivity index (χ0v) is 21.4. The van der Waals surface area contributed by atoms with Gasteiger partial charge >= 0.3 is 0 Å². The maximum absolute atomic E-state index is 12.7. The van der Waals surface area contributed by atoms with E-state index in [1.165, 1.54) is 24.5 Å². The van der Waals surface area contributed by atoms with Crippen molar-refractivity contribution in [1.82, 2.24) is 4.98 Å². The van der Waals surface area contributed by atoms with Crippen LogP contribution >= 0.6 is 22.9 Å². The number of hydrogen-bond donors (Lipinski definition) is 1. The lowest BCUT2D eigenvalue weighted by molar-refractivity contribution is -0.112. The average molecular weight is 532 g/mol. The first kappa shape index (κ1) is 25.8. The summed E-state index contributed by atoms with van der Waals surface area (Å²) < 4.78 is 16.8. The van der Waals surface area contributed by atoms with E-state index in [1.807, 2.05) is 53.9 Å². The number of carbonyl (C=O) groups is 1. The van der Waals surface area contributed by atoms with Crippen LogP contribution in [0.2, 0.25) is 5.02 Å². The summed E-state index contributed by atoms with van der Waals surface area (Å²) in [5.74, 6) is 0.988. The summed E-state index contributed by atoms with van der Waals surface area (Å²) in [5.41, 5.74) is 2.23. The van der Waals surface area contributed by atoms with Crippen molar-refractivity contribution < 1.29 is 19.0 Å². The fraction of sp³-hybridized carbons (Fsp3) is 0.107. The molecule has 1 N–H and O–H groups in total. The van der Waals surface area contributed by atoms with E-state index in [1.54, 1.807) is 30.3 Å². The smallest absolute Gasteiger partial charge is 0.268 e. The summed E-state index contributed by atoms with van der Waals surface area (Å²) in [5, 5.41) is 15.1. The minimum atomic E-state index is -0.549. The van der Waals surface area contributed by atoms with Crippen molar-refractivity contribution in [2.45, 2.75) is 0 Å². The van der Waals surface area contributed by atoms with Crippen molar-refractivity contribution in [3.05, 3.63) is 94.3 Å². The van der Waals surface area contributed by atoms with Gasteiger partial charge in [-0.3, -0.25) is 10.1 Å². The van der Waals surface area contributed by atoms with Crippen LogP contribution in [-0.4, -0.2) is 31.2 Å². The number of rotatable bonds is 10. The number of anilines is 1. The third kappa shape index (κ3) is 6.88. The fourth-order valence-electron chi connectivity index (χ4n) is 3.31. The molecule has 0 radical (unpaired) electrons. The van der Waals surface area contributed by atoms with Crippen LogP contribution in [0.4, 0.5) is 5.13 Å². The molecule has 7 nitrogen and oxygen atoms in total. The maximum atomic E-state index is 12.7. The second kappa shape index (κ2) is 12.6. The standard InChI is InChI=1S/C28H22ClN3O4S/c1-34-26-16-19(11-12-25(26)36-14-13-35-24-10-6-5-9-22(24)29)15-21(17-30)27(33)32-28-31-23(18-37-28)20-7-3-2-4-8-20/h2-12,15-16,18H,13-14H2,1H3,(H,31,32,33)/b21-15-. The van der Waals surface area contributed by atoms with Gasteiger partial charge in [0.2, 0.25) is 0 Å². The number of amides is 1. The number of ether oxygens (including phenoxy) is 3. The van der Waals surface area contributed by atoms with Gasteiger partial charge in [0.1, 0.15) is 30.6 Å². The summed E-state index contributed by atoms with van der Waals surface area (Å²) in [6.07, 6.45) is 1.48. The third-order valence-electron chi connectivity index (χ3n) is 5.09. The van der Waals surface area contributed by atoms with E-state index < -0.39 is 5.91 Å². The van der Waals surface area contributed by atoms with Crippen molar-refractivity contribution in [2.75, 3.05) is 25.6 Å². The molecular formula is C28H22ClN3O4S. The number of nitrogens with one attached hydrogen (secondary N) is 1. The van der Waals surface area contributed by atoms with Gasteiger partial charge in [-0.2, -0.15) is 5.26 Å². The number of nitriles is 1. The molecule has 4 rings (SSSR count). The van der Waals surface area contributed by atoms with Crippen LogP contribution in [0.5, 0.6) is 17.2 Å². The Morgan fingerprint density at radius 1 is 1.03 bits per heavy atom. The monoisotopic (exact) mass is 531 g/mol. The minimum Gasteiger partial charge on any atom is -0.493 e. The molecule has 0 fully saturated rings. The molecule has 0 unspecified atom stereocenters. The van der Waals surface area contributed by atoms with Gasteiger partial charge in [-0.25, -0.2) is 4.98 Å². The number of carbonyl (C=O) groups excluding carboxylic acids is 1. The van der Waals surface area contributed by atoms with Crippen LogP contribution in [0.15, 0.2) is 83.7 Å². The van der Waals surface area contributed by atoms with Crippen LogP contribution in [0.25, 0.3) is 17.3 Å². The summed E-state index contributed by atoms with van der Waals surface area (Å²) in [6, 6.07) is 23.9. The van der Waals surface area contributed by atoms with Crippen molar-refractivity contribution in [1.29, 1.82) is 5.26 Å². The number of halogens is 1. The summed E-state index contributed by atoms with van der Waals surface area (Å²) in [4.78, 5) is 17.2. The van der Waals surface area contributed by atoms with Crippen LogP contribution in [0.3, 0.4) is 0 Å². The quantitative estimate of drug-likeness (QED) is 0.143. The molecule has 1 heterocycles. The van der Waals surface area contributed by atoms with Gasteiger partial charge in [-0.15, -0.1) is 11.3 Å². The molecular weight excluding hydrogens is 510 g/mol. The topological polar surface area (TPSA) is 93.5 Å². The normalized spacial score (nSPS) is 10.9. The molecule has 4 aromatic rings. The van der Waals surface area contributed by atoms with Gasteiger partial charge in [0.25, 0.3) is 5.91 Å². The lowest BCUT2D eigenvalue weighted by Gasteiger charge is -2.12. The lowest BCUT2D eigenvalue weighted by atomic mass is 10.1. The first-order valence-electron chi connectivity index (χ1n) is 11.2. The van der Waals surface area contributed by atoms with Crippen molar-refractivity contribution in [2.24, 2.45) is 0 Å². The van der Waals surface area contributed by atoms with Crippen LogP contribution < -0.4 is 19.5 Å². The minimum absolute atomic E-state index is 0.0691. The highest BCUT2D eigenvalue weighted by atomic mass is 35.5. The van der Waals surface area contributed by atoms with E-state index in [0.717, 1.165) is 11.3 Å². The third-order valence-corrected chi connectivity index (χ3v) is 6.16. The second-order valence-corrected chi connectivity index (χ2v) is 8.83. The molecule has 0 spiro atoms. The predicted octanol–water partition coefficient (Wildman–Crippen LogP) is 6.48. The van der Waals surface area contributed by atoms with Crippen molar-refractivity contribution in [3.63, 3.8) is 0 Å². The Labute approximate surface area is 223 Å². The summed E-state index contributed by atoms with van der Waals surface area (Å²) >= 11 is 7.38. The van der Waals surface area contributed by atoms with Gasteiger partial charge in [-0.1, -0.05) is 60.1 Å². The van der Waals surface area contributed by atoms with Gasteiger partial charge in [0.05, 0.1) is 17.8 Å². The average Bonchev–Trinajstić information content (AvgIpc) is 3.40. The molecule has 0 aliphatic carbocycles. The first-order chi connectivity index (χ1) is 18.1. The molecule has 37 heavy (non-hydrogen) atoms. The number of aromatic nitrogens is 1. The van der Waals surface area contributed by atoms with Crippen molar-refractivity contribution >= 4 is 40.1 Å². The molecule has 0 aliphatic heterocycles. The molecule has 3 aromatic carbocycles. The second-order valence-electron chi connectivity index (χ2n) is 7.57. The fourth-order valence-corrected chi connectivity index (χ4v) is 4.22. The maximum Gasteiger partial charge on any atom is 0.268 e. The molecule has 186 valence electrons. The molecule has 0 aliphatic rings. The van der Waals surface area contributed by atoms with Crippen LogP contribution in [-0.2, 0) is 4.79 Å². The highest BCUT2D eigenvalue weighted by molar-refractivity contribution is 7.14. The predicted molar refractivity (Wildman–Crippen MR) is 145 cm³/mol. The van der Waals surface area contributed by atoms with E-state index in [-0.39, 0.29) is 18.8 Å². The van der Waals surface area contributed by atoms with Crippen LogP contribution in [0, 0.1) is 11.3 Å². The highest BCUT2D eigenvalue weighted by Gasteiger charge is 2.14. The molecule has 1 aromatic heterocycles. The highest BCUT2D eigenvalue weighted by Crippen LogP contribution is 2.30. The Kier molecular flexibility index (Phi) is 8.76. The zero-order chi connectivity index (χ0) is 26.0. The molecule has 0 saturated carbocycles. The van der Waals surface area contributed by atoms with E-state index in [2.05, 4.69) is 10.3 Å². The van der Waals surface area contributed by atoms with E-state index in [0.29, 0.717) is 33.0 Å². The number of methoxy groups -OCH3 is 1. The molecule has 1 amide bonds. The molecule has 0 saturated heterocycles. The zero-order valence-electron chi connectivity index (χ0n) is 19.8. The molecule has 9 heteroatoms. The van der Waals surface area contributed by atoms with Gasteiger partial charge in [0, 0.05) is 10.9 Å². The van der Waals surface area contributed by atoms with Crippen molar-refractivity contribution in [3.8, 4) is 34.6 Å². The van der Waals surface area contributed by atoms with Crippen LogP contribution in [0.1, 0.15) is 5.56 Å². The van der Waals surface area contributed by atoms with E-state index in [9.17, 15) is 10.1 Å². The first-order valence-corrected chi connectivity index (χ1v) is 12.5. The Hall–Kier alpha value is -4.32.